The molecule has 0 saturated carbocycles. The highest BCUT2D eigenvalue weighted by Gasteiger charge is 2.33. The molecule has 2 rings (SSSR count). The summed E-state index contributed by atoms with van der Waals surface area (Å²) in [7, 11) is 0. The van der Waals surface area contributed by atoms with Gasteiger partial charge in [-0.3, -0.25) is 9.59 Å². The molecule has 0 spiro atoms. The minimum absolute atomic E-state index is 0.220. The number of carbonyl (C=O) groups is 2. The SMILES string of the molecule is NC(=O)C1CCCN1C(=O)c1cccc(N)c1Cl. The monoisotopic (exact) mass is 267 g/mol. The molecule has 18 heavy (non-hydrogen) atoms. The number of rotatable bonds is 2. The van der Waals surface area contributed by atoms with Crippen molar-refractivity contribution in [3.63, 3.8) is 0 Å². The van der Waals surface area contributed by atoms with Crippen molar-refractivity contribution in [1.29, 1.82) is 0 Å². The van der Waals surface area contributed by atoms with Gasteiger partial charge >= 0.3 is 0 Å². The van der Waals surface area contributed by atoms with E-state index in [1.165, 1.54) is 4.90 Å². The number of carbonyl (C=O) groups excluding carboxylic acids is 2. The molecule has 1 aromatic carbocycles. The van der Waals surface area contributed by atoms with Crippen LogP contribution in [-0.4, -0.2) is 29.3 Å². The number of nitrogens with zero attached hydrogens (tertiary/aromatic N) is 1. The molecule has 5 nitrogen and oxygen atoms in total. The second-order valence-electron chi connectivity index (χ2n) is 4.27. The van der Waals surface area contributed by atoms with E-state index in [1.54, 1.807) is 18.2 Å². The normalized spacial score (nSPS) is 18.9. The van der Waals surface area contributed by atoms with Gasteiger partial charge in [-0.25, -0.2) is 0 Å². The summed E-state index contributed by atoms with van der Waals surface area (Å²) in [6, 6.07) is 4.32. The summed E-state index contributed by atoms with van der Waals surface area (Å²) in [6.45, 7) is 0.511. The summed E-state index contributed by atoms with van der Waals surface area (Å²) >= 11 is 6.01. The fraction of sp³-hybridized carbons (Fsp3) is 0.333. The Morgan fingerprint density at radius 2 is 2.11 bits per heavy atom. The topological polar surface area (TPSA) is 89.4 Å². The molecule has 4 N–H and O–H groups in total. The molecule has 0 bridgehead atoms. The smallest absolute Gasteiger partial charge is 0.256 e. The highest BCUT2D eigenvalue weighted by molar-refractivity contribution is 6.36. The predicted octanol–water partition coefficient (Wildman–Crippen LogP) is 1.01. The van der Waals surface area contributed by atoms with Crippen LogP contribution in [0.5, 0.6) is 0 Å². The Bertz CT molecular complexity index is 504. The van der Waals surface area contributed by atoms with Crippen molar-refractivity contribution in [1.82, 2.24) is 4.90 Å². The predicted molar refractivity (Wildman–Crippen MR) is 69.1 cm³/mol. The molecule has 1 fully saturated rings. The first-order valence-corrected chi connectivity index (χ1v) is 6.04. The van der Waals surface area contributed by atoms with Crippen LogP contribution in [0.15, 0.2) is 18.2 Å². The molecule has 0 radical (unpaired) electrons. The van der Waals surface area contributed by atoms with E-state index in [-0.39, 0.29) is 10.9 Å². The summed E-state index contributed by atoms with van der Waals surface area (Å²) in [5.74, 6) is -0.783. The number of nitrogen functional groups attached to an aromatic ring is 1. The lowest BCUT2D eigenvalue weighted by Crippen LogP contribution is -2.43. The van der Waals surface area contributed by atoms with Gasteiger partial charge in [0.1, 0.15) is 6.04 Å². The summed E-state index contributed by atoms with van der Waals surface area (Å²) < 4.78 is 0. The summed E-state index contributed by atoms with van der Waals surface area (Å²) in [5.41, 5.74) is 11.6. The molecule has 1 saturated heterocycles. The van der Waals surface area contributed by atoms with E-state index in [4.69, 9.17) is 23.1 Å². The van der Waals surface area contributed by atoms with Crippen molar-refractivity contribution in [3.8, 4) is 0 Å². The van der Waals surface area contributed by atoms with Crippen LogP contribution in [0.25, 0.3) is 0 Å². The molecule has 1 aliphatic rings. The molecule has 1 aromatic rings. The summed E-state index contributed by atoms with van der Waals surface area (Å²) in [6.07, 6.45) is 1.36. The third kappa shape index (κ3) is 2.13. The van der Waals surface area contributed by atoms with Gasteiger partial charge < -0.3 is 16.4 Å². The molecule has 0 aliphatic carbocycles. The zero-order valence-electron chi connectivity index (χ0n) is 9.73. The fourth-order valence-corrected chi connectivity index (χ4v) is 2.38. The molecule has 96 valence electrons. The maximum absolute atomic E-state index is 12.3. The minimum Gasteiger partial charge on any atom is -0.398 e. The van der Waals surface area contributed by atoms with Gasteiger partial charge in [-0.15, -0.1) is 0 Å². The lowest BCUT2D eigenvalue weighted by Gasteiger charge is -2.22. The van der Waals surface area contributed by atoms with Crippen molar-refractivity contribution in [2.45, 2.75) is 18.9 Å². The maximum Gasteiger partial charge on any atom is 0.256 e. The highest BCUT2D eigenvalue weighted by Crippen LogP contribution is 2.27. The number of nitrogens with two attached hydrogens (primary N) is 2. The molecule has 6 heteroatoms. The van der Waals surface area contributed by atoms with Crippen LogP contribution in [-0.2, 0) is 4.79 Å². The third-order valence-corrected chi connectivity index (χ3v) is 3.52. The Labute approximate surface area is 110 Å². The standard InChI is InChI=1S/C12H14ClN3O2/c13-10-7(3-1-4-8(10)14)12(18)16-6-2-5-9(16)11(15)17/h1,3-4,9H,2,5-6,14H2,(H2,15,17). The number of benzene rings is 1. The molecule has 1 heterocycles. The van der Waals surface area contributed by atoms with Crippen molar-refractivity contribution in [3.05, 3.63) is 28.8 Å². The second-order valence-corrected chi connectivity index (χ2v) is 4.65. The van der Waals surface area contributed by atoms with Gasteiger partial charge in [0.25, 0.3) is 5.91 Å². The van der Waals surface area contributed by atoms with E-state index in [9.17, 15) is 9.59 Å². The Morgan fingerprint density at radius 3 is 2.78 bits per heavy atom. The van der Waals surface area contributed by atoms with E-state index in [0.717, 1.165) is 6.42 Å². The van der Waals surface area contributed by atoms with Crippen LogP contribution in [0, 0.1) is 0 Å². The summed E-state index contributed by atoms with van der Waals surface area (Å²) in [4.78, 5) is 25.0. The van der Waals surface area contributed by atoms with Gasteiger partial charge in [0.05, 0.1) is 16.3 Å². The Hall–Kier alpha value is -1.75. The maximum atomic E-state index is 12.3. The van der Waals surface area contributed by atoms with Crippen LogP contribution >= 0.6 is 11.6 Å². The number of hydrogen-bond acceptors (Lipinski definition) is 3. The highest BCUT2D eigenvalue weighted by atomic mass is 35.5. The minimum atomic E-state index is -0.546. The number of anilines is 1. The molecule has 2 amide bonds. The number of primary amides is 1. The average molecular weight is 268 g/mol. The first-order chi connectivity index (χ1) is 8.52. The molecular formula is C12H14ClN3O2. The van der Waals surface area contributed by atoms with Crippen LogP contribution in [0.1, 0.15) is 23.2 Å². The van der Waals surface area contributed by atoms with Gasteiger partial charge in [-0.1, -0.05) is 17.7 Å². The van der Waals surface area contributed by atoms with Gasteiger partial charge in [-0.2, -0.15) is 0 Å². The summed E-state index contributed by atoms with van der Waals surface area (Å²) in [5, 5.41) is 0.220. The Balaban J connectivity index is 2.31. The van der Waals surface area contributed by atoms with Crippen LogP contribution < -0.4 is 11.5 Å². The molecular weight excluding hydrogens is 254 g/mol. The van der Waals surface area contributed by atoms with Crippen molar-refractivity contribution >= 4 is 29.1 Å². The molecule has 0 aromatic heterocycles. The van der Waals surface area contributed by atoms with Crippen LogP contribution in [0.4, 0.5) is 5.69 Å². The van der Waals surface area contributed by atoms with Crippen molar-refractivity contribution in [2.75, 3.05) is 12.3 Å². The first-order valence-electron chi connectivity index (χ1n) is 5.66. The third-order valence-electron chi connectivity index (χ3n) is 3.10. The number of halogens is 1. The molecule has 1 atom stereocenters. The number of amides is 2. The Kier molecular flexibility index (Phi) is 3.43. The van der Waals surface area contributed by atoms with E-state index < -0.39 is 11.9 Å². The van der Waals surface area contributed by atoms with E-state index in [2.05, 4.69) is 0 Å². The fourth-order valence-electron chi connectivity index (χ4n) is 2.18. The quantitative estimate of drug-likeness (QED) is 0.784. The zero-order valence-corrected chi connectivity index (χ0v) is 10.5. The number of hydrogen-bond donors (Lipinski definition) is 2. The van der Waals surface area contributed by atoms with E-state index >= 15 is 0 Å². The second kappa shape index (κ2) is 4.86. The molecule has 1 aliphatic heterocycles. The van der Waals surface area contributed by atoms with Crippen molar-refractivity contribution in [2.24, 2.45) is 5.73 Å². The van der Waals surface area contributed by atoms with Gasteiger partial charge in [0.2, 0.25) is 5.91 Å². The van der Waals surface area contributed by atoms with E-state index in [0.29, 0.717) is 24.2 Å². The first kappa shape index (κ1) is 12.7. The van der Waals surface area contributed by atoms with Crippen LogP contribution in [0.3, 0.4) is 0 Å². The average Bonchev–Trinajstić information content (AvgIpc) is 2.81. The zero-order chi connectivity index (χ0) is 13.3. The van der Waals surface area contributed by atoms with Crippen LogP contribution in [0.2, 0.25) is 5.02 Å². The van der Waals surface area contributed by atoms with Crippen molar-refractivity contribution < 1.29 is 9.59 Å². The van der Waals surface area contributed by atoms with E-state index in [1.807, 2.05) is 0 Å². The number of likely N-dealkylation sites (tertiary alicyclic amines) is 1. The lowest BCUT2D eigenvalue weighted by molar-refractivity contribution is -0.121. The van der Waals surface area contributed by atoms with Gasteiger partial charge in [0.15, 0.2) is 0 Å². The largest absolute Gasteiger partial charge is 0.398 e. The molecule has 1 unspecified atom stereocenters. The Morgan fingerprint density at radius 1 is 1.39 bits per heavy atom. The van der Waals surface area contributed by atoms with Gasteiger partial charge in [-0.05, 0) is 25.0 Å². The lowest BCUT2D eigenvalue weighted by atomic mass is 10.1. The van der Waals surface area contributed by atoms with Gasteiger partial charge in [0, 0.05) is 6.54 Å².